The van der Waals surface area contributed by atoms with Crippen LogP contribution in [0.1, 0.15) is 55.1 Å². The Morgan fingerprint density at radius 3 is 2.71 bits per heavy atom. The van der Waals surface area contributed by atoms with Gasteiger partial charge in [0.15, 0.2) is 18.1 Å². The van der Waals surface area contributed by atoms with Crippen molar-refractivity contribution >= 4 is 28.6 Å². The molecule has 1 heterocycles. The number of aromatic nitrogens is 2. The lowest BCUT2D eigenvalue weighted by molar-refractivity contribution is -0.124. The zero-order valence-corrected chi connectivity index (χ0v) is 20.8. The van der Waals surface area contributed by atoms with Crippen molar-refractivity contribution in [3.8, 4) is 17.6 Å². The number of imidazole rings is 1. The summed E-state index contributed by atoms with van der Waals surface area (Å²) < 4.78 is 11.2. The van der Waals surface area contributed by atoms with Crippen molar-refractivity contribution in [2.75, 3.05) is 13.7 Å². The molecule has 7 nitrogen and oxygen atoms in total. The molecule has 0 bridgehead atoms. The largest absolute Gasteiger partial charge is 0.493 e. The number of nitrogens with one attached hydrogen (secondary N) is 2. The molecular weight excluding hydrogens is 440 g/mol. The van der Waals surface area contributed by atoms with Crippen molar-refractivity contribution in [2.24, 2.45) is 5.92 Å². The van der Waals surface area contributed by atoms with E-state index in [1.165, 1.54) is 6.42 Å². The topological polar surface area (TPSA) is 100 Å². The molecule has 35 heavy (non-hydrogen) atoms. The van der Waals surface area contributed by atoms with Crippen molar-refractivity contribution in [1.82, 2.24) is 15.3 Å². The van der Waals surface area contributed by atoms with E-state index in [-0.39, 0.29) is 18.6 Å². The van der Waals surface area contributed by atoms with Crippen molar-refractivity contribution in [3.63, 3.8) is 0 Å². The van der Waals surface area contributed by atoms with Crippen molar-refractivity contribution < 1.29 is 14.3 Å². The second kappa shape index (κ2) is 10.6. The molecule has 1 amide bonds. The Hall–Kier alpha value is -3.79. The maximum atomic E-state index is 12.4. The number of benzene rings is 2. The van der Waals surface area contributed by atoms with Gasteiger partial charge in [-0.25, -0.2) is 4.98 Å². The number of amides is 1. The van der Waals surface area contributed by atoms with Crippen LogP contribution in [-0.2, 0) is 4.79 Å². The first kappa shape index (κ1) is 24.3. The summed E-state index contributed by atoms with van der Waals surface area (Å²) in [7, 11) is 1.55. The molecule has 2 aromatic carbocycles. The van der Waals surface area contributed by atoms with Gasteiger partial charge in [0.25, 0.3) is 5.91 Å². The lowest BCUT2D eigenvalue weighted by Crippen LogP contribution is -2.43. The summed E-state index contributed by atoms with van der Waals surface area (Å²) in [5.74, 6) is 1.84. The number of carbonyl (C=O) groups is 1. The van der Waals surface area contributed by atoms with E-state index >= 15 is 0 Å². The number of nitriles is 1. The average Bonchev–Trinajstić information content (AvgIpc) is 3.25. The highest BCUT2D eigenvalue weighted by atomic mass is 16.5. The second-order valence-corrected chi connectivity index (χ2v) is 9.34. The minimum absolute atomic E-state index is 0.0734. The number of fused-ring (bicyclic) bond motifs is 1. The summed E-state index contributed by atoms with van der Waals surface area (Å²) in [5, 5.41) is 12.9. The molecule has 1 aromatic heterocycles. The van der Waals surface area contributed by atoms with Crippen LogP contribution in [0.25, 0.3) is 22.7 Å². The average molecular weight is 473 g/mol. The van der Waals surface area contributed by atoms with E-state index in [0.717, 1.165) is 47.0 Å². The van der Waals surface area contributed by atoms with Crippen LogP contribution in [0.15, 0.2) is 30.3 Å². The summed E-state index contributed by atoms with van der Waals surface area (Å²) in [6.07, 6.45) is 6.29. The van der Waals surface area contributed by atoms with E-state index in [1.807, 2.05) is 32.0 Å². The Morgan fingerprint density at radius 1 is 1.20 bits per heavy atom. The quantitative estimate of drug-likeness (QED) is 0.453. The Bertz CT molecular complexity index is 1260. The highest BCUT2D eigenvalue weighted by Gasteiger charge is 2.23. The molecule has 2 N–H and O–H groups in total. The molecular formula is C28H32N4O3. The van der Waals surface area contributed by atoms with Gasteiger partial charge >= 0.3 is 0 Å². The maximum Gasteiger partial charge on any atom is 0.258 e. The van der Waals surface area contributed by atoms with Crippen molar-refractivity contribution in [1.29, 1.82) is 5.26 Å². The van der Waals surface area contributed by atoms with Crippen LogP contribution in [0.3, 0.4) is 0 Å². The number of nitrogens with zero attached hydrogens (tertiary/aromatic N) is 2. The van der Waals surface area contributed by atoms with Gasteiger partial charge in [-0.05, 0) is 79.6 Å². The first-order chi connectivity index (χ1) is 16.9. The van der Waals surface area contributed by atoms with Gasteiger partial charge < -0.3 is 19.8 Å². The van der Waals surface area contributed by atoms with Gasteiger partial charge in [-0.3, -0.25) is 4.79 Å². The number of aromatic amines is 1. The molecule has 0 aliphatic heterocycles. The van der Waals surface area contributed by atoms with Gasteiger partial charge in [0, 0.05) is 6.04 Å². The van der Waals surface area contributed by atoms with Crippen LogP contribution in [0.4, 0.5) is 0 Å². The molecule has 1 fully saturated rings. The van der Waals surface area contributed by atoms with Crippen LogP contribution < -0.4 is 14.8 Å². The summed E-state index contributed by atoms with van der Waals surface area (Å²) in [5.41, 5.74) is 5.21. The van der Waals surface area contributed by atoms with E-state index in [2.05, 4.69) is 28.3 Å². The molecule has 4 rings (SSSR count). The predicted molar refractivity (Wildman–Crippen MR) is 137 cm³/mol. The number of hydrogen-bond donors (Lipinski definition) is 2. The van der Waals surface area contributed by atoms with Crippen LogP contribution in [0.2, 0.25) is 0 Å². The van der Waals surface area contributed by atoms with Gasteiger partial charge in [0.05, 0.1) is 23.7 Å². The van der Waals surface area contributed by atoms with E-state index < -0.39 is 0 Å². The summed E-state index contributed by atoms with van der Waals surface area (Å²) in [4.78, 5) is 20.3. The van der Waals surface area contributed by atoms with Crippen molar-refractivity contribution in [3.05, 3.63) is 52.8 Å². The highest BCUT2D eigenvalue weighted by molar-refractivity contribution is 5.90. The number of allylic oxidation sites excluding steroid dienone is 1. The normalized spacial score (nSPS) is 18.2. The molecule has 1 aliphatic rings. The zero-order valence-electron chi connectivity index (χ0n) is 20.8. The number of hydrogen-bond acceptors (Lipinski definition) is 5. The monoisotopic (exact) mass is 472 g/mol. The summed E-state index contributed by atoms with van der Waals surface area (Å²) >= 11 is 0. The summed E-state index contributed by atoms with van der Waals surface area (Å²) in [6.45, 7) is 6.20. The fourth-order valence-electron chi connectivity index (χ4n) is 4.53. The van der Waals surface area contributed by atoms with Crippen LogP contribution in [0.5, 0.6) is 11.5 Å². The second-order valence-electron chi connectivity index (χ2n) is 9.34. The molecule has 0 radical (unpaired) electrons. The SMILES string of the molecule is COc1cc(/C=C(\C#N)c2nc3cc(C)c(C)cc3[nH]2)ccc1OCC(=O)N[C@@H]1CCCC[C@H]1C. The summed E-state index contributed by atoms with van der Waals surface area (Å²) in [6, 6.07) is 11.9. The maximum absolute atomic E-state index is 12.4. The molecule has 0 saturated heterocycles. The zero-order chi connectivity index (χ0) is 24.9. The highest BCUT2D eigenvalue weighted by Crippen LogP contribution is 2.30. The predicted octanol–water partition coefficient (Wildman–Crippen LogP) is 5.33. The number of aryl methyl sites for hydroxylation is 2. The Kier molecular flexibility index (Phi) is 7.40. The Balaban J connectivity index is 1.48. The van der Waals surface area contributed by atoms with Gasteiger partial charge in [0.2, 0.25) is 0 Å². The first-order valence-corrected chi connectivity index (χ1v) is 12.1. The molecule has 2 atom stereocenters. The lowest BCUT2D eigenvalue weighted by Gasteiger charge is -2.29. The molecule has 7 heteroatoms. The number of rotatable bonds is 7. The van der Waals surface area contributed by atoms with Gasteiger partial charge in [-0.2, -0.15) is 5.26 Å². The fraction of sp³-hybridized carbons (Fsp3) is 0.393. The number of ether oxygens (including phenoxy) is 2. The Labute approximate surface area is 206 Å². The third-order valence-electron chi connectivity index (χ3n) is 6.79. The third kappa shape index (κ3) is 5.65. The van der Waals surface area contributed by atoms with E-state index in [0.29, 0.717) is 28.8 Å². The molecule has 182 valence electrons. The Morgan fingerprint density at radius 2 is 1.97 bits per heavy atom. The lowest BCUT2D eigenvalue weighted by atomic mass is 9.86. The van der Waals surface area contributed by atoms with Gasteiger partial charge in [-0.15, -0.1) is 0 Å². The molecule has 0 spiro atoms. The smallest absolute Gasteiger partial charge is 0.258 e. The minimum atomic E-state index is -0.128. The van der Waals surface area contributed by atoms with Gasteiger partial charge in [0.1, 0.15) is 11.9 Å². The van der Waals surface area contributed by atoms with Crippen molar-refractivity contribution in [2.45, 2.75) is 52.5 Å². The standard InChI is InChI=1S/C28H32N4O3/c1-17-7-5-6-8-22(17)30-27(33)16-35-25-10-9-20(14-26(25)34-4)13-21(15-29)28-31-23-11-18(2)19(3)12-24(23)32-28/h9-14,17,22H,5-8,16H2,1-4H3,(H,30,33)(H,31,32)/b21-13+/t17-,22-/m1/s1. The molecule has 1 aliphatic carbocycles. The third-order valence-corrected chi connectivity index (χ3v) is 6.79. The fourth-order valence-corrected chi connectivity index (χ4v) is 4.53. The molecule has 1 saturated carbocycles. The minimum Gasteiger partial charge on any atom is -0.493 e. The number of H-pyrrole nitrogens is 1. The van der Waals surface area contributed by atoms with Crippen LogP contribution in [0, 0.1) is 31.1 Å². The van der Waals surface area contributed by atoms with Crippen LogP contribution >= 0.6 is 0 Å². The number of carbonyl (C=O) groups excluding carboxylic acids is 1. The van der Waals surface area contributed by atoms with E-state index in [4.69, 9.17) is 9.47 Å². The van der Waals surface area contributed by atoms with Crippen LogP contribution in [-0.4, -0.2) is 35.6 Å². The molecule has 3 aromatic rings. The molecule has 0 unspecified atom stereocenters. The number of methoxy groups -OCH3 is 1. The van der Waals surface area contributed by atoms with E-state index in [9.17, 15) is 10.1 Å². The van der Waals surface area contributed by atoms with E-state index in [1.54, 1.807) is 25.3 Å². The first-order valence-electron chi connectivity index (χ1n) is 12.1. The van der Waals surface area contributed by atoms with Gasteiger partial charge in [-0.1, -0.05) is 25.8 Å².